The van der Waals surface area contributed by atoms with E-state index in [1.54, 1.807) is 0 Å². The molecule has 5 atom stereocenters. The van der Waals surface area contributed by atoms with E-state index in [1.807, 2.05) is 72.8 Å². The van der Waals surface area contributed by atoms with E-state index in [2.05, 4.69) is 60.4 Å². The molecule has 0 radical (unpaired) electrons. The third-order valence-corrected chi connectivity index (χ3v) is 12.5. The summed E-state index contributed by atoms with van der Waals surface area (Å²) in [5.41, 5.74) is 4.81. The number of unbranched alkanes of at least 4 members (excludes halogenated alkanes) is 2. The van der Waals surface area contributed by atoms with Crippen molar-refractivity contribution < 1.29 is 28.4 Å². The molecule has 300 valence electrons. The van der Waals surface area contributed by atoms with Gasteiger partial charge in [0.1, 0.15) is 30.5 Å². The molecule has 1 saturated heterocycles. The average molecular weight is 769 g/mol. The Morgan fingerprint density at radius 1 is 0.526 bits per heavy atom. The number of ether oxygens (including phenoxy) is 6. The molecule has 57 heavy (non-hydrogen) atoms. The smallest absolute Gasteiger partial charge is 0.147 e. The molecule has 6 nitrogen and oxygen atoms in total. The maximum atomic E-state index is 6.92. The zero-order valence-corrected chi connectivity index (χ0v) is 33.4. The van der Waals surface area contributed by atoms with Gasteiger partial charge in [0, 0.05) is 13.0 Å². The van der Waals surface area contributed by atoms with Crippen LogP contribution in [0.1, 0.15) is 80.0 Å². The topological polar surface area (TPSA) is 55.4 Å². The Balaban J connectivity index is 0.969. The predicted molar refractivity (Wildman–Crippen MR) is 223 cm³/mol. The van der Waals surface area contributed by atoms with Gasteiger partial charge < -0.3 is 28.4 Å². The van der Waals surface area contributed by atoms with Crippen LogP contribution in [-0.4, -0.2) is 50.3 Å². The Hall–Kier alpha value is -3.80. The molecule has 0 amide bonds. The molecule has 4 aliphatic carbocycles. The van der Waals surface area contributed by atoms with Crippen molar-refractivity contribution in [3.63, 3.8) is 0 Å². The van der Waals surface area contributed by atoms with Crippen LogP contribution in [0, 0.1) is 35.0 Å². The third-order valence-electron chi connectivity index (χ3n) is 12.5. The van der Waals surface area contributed by atoms with Gasteiger partial charge in [0.2, 0.25) is 0 Å². The molecule has 1 heterocycles. The minimum absolute atomic E-state index is 0.324. The third kappa shape index (κ3) is 11.2. The molecule has 4 saturated carbocycles. The normalized spacial score (nSPS) is 28.8. The van der Waals surface area contributed by atoms with Crippen LogP contribution in [0.15, 0.2) is 121 Å². The lowest BCUT2D eigenvalue weighted by atomic mass is 9.50. The predicted octanol–water partition coefficient (Wildman–Crippen LogP) is 10.1. The molecule has 0 unspecified atom stereocenters. The van der Waals surface area contributed by atoms with Crippen molar-refractivity contribution in [1.82, 2.24) is 0 Å². The fourth-order valence-corrected chi connectivity index (χ4v) is 10.3. The van der Waals surface area contributed by atoms with E-state index >= 15 is 0 Å². The first-order valence-corrected chi connectivity index (χ1v) is 21.5. The summed E-state index contributed by atoms with van der Waals surface area (Å²) in [5.74, 6) is 9.89. The first-order valence-electron chi connectivity index (χ1n) is 21.5. The van der Waals surface area contributed by atoms with Gasteiger partial charge >= 0.3 is 0 Å². The van der Waals surface area contributed by atoms with Gasteiger partial charge in [-0.1, -0.05) is 127 Å². The fraction of sp³-hybridized carbons (Fsp3) is 0.490. The average Bonchev–Trinajstić information content (AvgIpc) is 3.24. The molecule has 0 N–H and O–H groups in total. The first kappa shape index (κ1) is 40.0. The monoisotopic (exact) mass is 768 g/mol. The van der Waals surface area contributed by atoms with Gasteiger partial charge in [0.15, 0.2) is 0 Å². The van der Waals surface area contributed by atoms with Crippen LogP contribution >= 0.6 is 0 Å². The van der Waals surface area contributed by atoms with Crippen molar-refractivity contribution in [2.45, 2.75) is 115 Å². The number of hydrogen-bond acceptors (Lipinski definition) is 6. The number of rotatable bonds is 19. The van der Waals surface area contributed by atoms with E-state index in [0.29, 0.717) is 38.4 Å². The van der Waals surface area contributed by atoms with Gasteiger partial charge in [-0.3, -0.25) is 0 Å². The Labute approximate surface area is 340 Å². The first-order chi connectivity index (χ1) is 28.2. The molecule has 4 bridgehead atoms. The molecule has 9 rings (SSSR count). The lowest BCUT2D eigenvalue weighted by Crippen LogP contribution is -2.60. The zero-order valence-electron chi connectivity index (χ0n) is 33.4. The van der Waals surface area contributed by atoms with Crippen molar-refractivity contribution in [3.8, 4) is 11.8 Å². The second-order valence-corrected chi connectivity index (χ2v) is 17.1. The zero-order chi connectivity index (χ0) is 38.5. The maximum Gasteiger partial charge on any atom is 0.147 e. The molecule has 1 aliphatic heterocycles. The summed E-state index contributed by atoms with van der Waals surface area (Å²) < 4.78 is 40.2. The molecule has 4 aromatic carbocycles. The summed E-state index contributed by atoms with van der Waals surface area (Å²) in [6.07, 6.45) is 8.94. The molecule has 6 heteroatoms. The fourth-order valence-electron chi connectivity index (χ4n) is 10.3. The lowest BCUT2D eigenvalue weighted by molar-refractivity contribution is -0.261. The number of hydrogen-bond donors (Lipinski definition) is 0. The Morgan fingerprint density at radius 2 is 1.00 bits per heavy atom. The minimum Gasteiger partial charge on any atom is -0.381 e. The molecular formula is C51H60O6. The Morgan fingerprint density at radius 3 is 1.53 bits per heavy atom. The van der Waals surface area contributed by atoms with Crippen molar-refractivity contribution >= 4 is 0 Å². The second-order valence-electron chi connectivity index (χ2n) is 17.1. The lowest BCUT2D eigenvalue weighted by Gasteiger charge is -2.56. The van der Waals surface area contributed by atoms with E-state index < -0.39 is 30.5 Å². The Kier molecular flexibility index (Phi) is 14.2. The van der Waals surface area contributed by atoms with Crippen LogP contribution in [0.5, 0.6) is 0 Å². The summed E-state index contributed by atoms with van der Waals surface area (Å²) >= 11 is 0. The summed E-state index contributed by atoms with van der Waals surface area (Å²) in [6.45, 7) is 3.76. The minimum atomic E-state index is -0.538. The highest BCUT2D eigenvalue weighted by Gasteiger charge is 2.51. The van der Waals surface area contributed by atoms with Crippen LogP contribution < -0.4 is 0 Å². The van der Waals surface area contributed by atoms with Crippen LogP contribution in [0.4, 0.5) is 0 Å². The largest absolute Gasteiger partial charge is 0.381 e. The van der Waals surface area contributed by atoms with Crippen molar-refractivity contribution in [2.75, 3.05) is 19.8 Å². The molecule has 0 aromatic heterocycles. The van der Waals surface area contributed by atoms with Gasteiger partial charge in [-0.15, -0.1) is 5.92 Å². The highest BCUT2D eigenvalue weighted by molar-refractivity contribution is 5.18. The maximum absolute atomic E-state index is 6.92. The van der Waals surface area contributed by atoms with E-state index in [1.165, 1.54) is 38.5 Å². The van der Waals surface area contributed by atoms with Gasteiger partial charge in [-0.05, 0) is 96.8 Å². The summed E-state index contributed by atoms with van der Waals surface area (Å²) in [6, 6.07) is 41.0. The molecule has 5 fully saturated rings. The van der Waals surface area contributed by atoms with Crippen LogP contribution in [-0.2, 0) is 54.8 Å². The summed E-state index contributed by atoms with van der Waals surface area (Å²) in [5, 5.41) is 0. The van der Waals surface area contributed by atoms with E-state index in [9.17, 15) is 0 Å². The van der Waals surface area contributed by atoms with E-state index in [-0.39, 0.29) is 0 Å². The van der Waals surface area contributed by atoms with Crippen LogP contribution in [0.25, 0.3) is 0 Å². The van der Waals surface area contributed by atoms with Gasteiger partial charge in [-0.2, -0.15) is 0 Å². The second kappa shape index (κ2) is 20.3. The van der Waals surface area contributed by atoms with Crippen molar-refractivity contribution in [2.24, 2.45) is 23.2 Å². The highest BCUT2D eigenvalue weighted by atomic mass is 16.6. The van der Waals surface area contributed by atoms with Gasteiger partial charge in [0.05, 0.1) is 39.6 Å². The quantitative estimate of drug-likeness (QED) is 0.0700. The Bertz CT molecular complexity index is 1790. The standard InChI is InChI=1S/C51H60O6/c1(2-16-26-52-38-51-30-43-27-44(31-51)29-45(28-43)32-51)15-25-46-48(54-34-40-19-9-4-10-20-40)50(56-36-42-23-13-6-14-24-42)49(55-35-41-21-11-5-12-22-41)47(57-46)37-53-33-39-17-7-3-8-18-39/h3-14,17-24,43-50H,1-2,16,26-38H2/t43?,44?,45?,46-,47+,48-,49+,50+,51?/m0/s1. The molecule has 4 aromatic rings. The van der Waals surface area contributed by atoms with Crippen molar-refractivity contribution in [3.05, 3.63) is 144 Å². The molecule has 0 spiro atoms. The summed E-state index contributed by atoms with van der Waals surface area (Å²) in [4.78, 5) is 0. The SMILES string of the molecule is C(#C[C@@H]1O[C@H](COCc2ccccc2)[C@@H](OCc2ccccc2)[C@H](OCc2ccccc2)[C@H]1OCc1ccccc1)CCCCOCC12CC3CC(CC(C3)C1)C2. The van der Waals surface area contributed by atoms with Crippen molar-refractivity contribution in [1.29, 1.82) is 0 Å². The number of benzene rings is 4. The summed E-state index contributed by atoms with van der Waals surface area (Å²) in [7, 11) is 0. The van der Waals surface area contributed by atoms with Gasteiger partial charge in [-0.25, -0.2) is 0 Å². The van der Waals surface area contributed by atoms with E-state index in [4.69, 9.17) is 28.4 Å². The molecule has 5 aliphatic rings. The molecular weight excluding hydrogens is 709 g/mol. The van der Waals surface area contributed by atoms with Crippen LogP contribution in [0.2, 0.25) is 0 Å². The van der Waals surface area contributed by atoms with E-state index in [0.717, 1.165) is 72.5 Å². The highest BCUT2D eigenvalue weighted by Crippen LogP contribution is 2.60. The van der Waals surface area contributed by atoms with Crippen LogP contribution in [0.3, 0.4) is 0 Å². The van der Waals surface area contributed by atoms with Gasteiger partial charge in [0.25, 0.3) is 0 Å².